The Bertz CT molecular complexity index is 336. The highest BCUT2D eigenvalue weighted by molar-refractivity contribution is 9.10. The van der Waals surface area contributed by atoms with Gasteiger partial charge < -0.3 is 5.32 Å². The second kappa shape index (κ2) is 5.78. The molecule has 1 N–H and O–H groups in total. The minimum Gasteiger partial charge on any atom is -0.314 e. The molecule has 0 bridgehead atoms. The first-order valence-electron chi connectivity index (χ1n) is 6.10. The molecule has 0 saturated heterocycles. The van der Waals surface area contributed by atoms with Crippen molar-refractivity contribution >= 4 is 15.9 Å². The molecular formula is C13H19BrN2. The zero-order valence-electron chi connectivity index (χ0n) is 9.75. The molecule has 2 nitrogen and oxygen atoms in total. The molecule has 0 aromatic carbocycles. The highest BCUT2D eigenvalue weighted by atomic mass is 79.9. The number of nitrogens with one attached hydrogen (secondary N) is 1. The predicted molar refractivity (Wildman–Crippen MR) is 70.4 cm³/mol. The Hall–Kier alpha value is -0.410. The topological polar surface area (TPSA) is 24.9 Å². The average molecular weight is 283 g/mol. The second-order valence-electron chi connectivity index (χ2n) is 4.65. The summed E-state index contributed by atoms with van der Waals surface area (Å²) in [6.07, 6.45) is 9.09. The molecule has 1 saturated carbocycles. The fraction of sp³-hybridized carbons (Fsp3) is 0.615. The van der Waals surface area contributed by atoms with Gasteiger partial charge in [-0.1, -0.05) is 19.8 Å². The van der Waals surface area contributed by atoms with Gasteiger partial charge in [0.05, 0.1) is 0 Å². The molecule has 3 heteroatoms. The van der Waals surface area contributed by atoms with Gasteiger partial charge in [-0.2, -0.15) is 0 Å². The van der Waals surface area contributed by atoms with Crippen molar-refractivity contribution in [3.63, 3.8) is 0 Å². The zero-order chi connectivity index (χ0) is 11.4. The molecule has 1 heterocycles. The second-order valence-corrected chi connectivity index (χ2v) is 5.56. The molecule has 0 spiro atoms. The monoisotopic (exact) mass is 282 g/mol. The van der Waals surface area contributed by atoms with E-state index in [0.717, 1.165) is 23.4 Å². The minimum atomic E-state index is 0.619. The number of hydrogen-bond donors (Lipinski definition) is 1. The lowest BCUT2D eigenvalue weighted by Gasteiger charge is -2.17. The van der Waals surface area contributed by atoms with Crippen molar-refractivity contribution in [3.8, 4) is 0 Å². The van der Waals surface area contributed by atoms with Gasteiger partial charge in [-0.25, -0.2) is 0 Å². The molecule has 2 rings (SSSR count). The molecule has 1 fully saturated rings. The molecule has 0 radical (unpaired) electrons. The third-order valence-electron chi connectivity index (χ3n) is 3.05. The van der Waals surface area contributed by atoms with Gasteiger partial charge in [-0.05, 0) is 52.9 Å². The minimum absolute atomic E-state index is 0.619. The summed E-state index contributed by atoms with van der Waals surface area (Å²) in [5.41, 5.74) is 1.32. The van der Waals surface area contributed by atoms with Crippen LogP contribution in [0.5, 0.6) is 0 Å². The van der Waals surface area contributed by atoms with Crippen LogP contribution >= 0.6 is 15.9 Å². The highest BCUT2D eigenvalue weighted by Gasteiger charge is 2.25. The zero-order valence-corrected chi connectivity index (χ0v) is 11.3. The normalized spacial score (nSPS) is 17.4. The van der Waals surface area contributed by atoms with Crippen molar-refractivity contribution in [2.45, 2.75) is 38.6 Å². The summed E-state index contributed by atoms with van der Waals surface area (Å²) >= 11 is 3.47. The molecule has 1 aliphatic rings. The highest BCUT2D eigenvalue weighted by Crippen LogP contribution is 2.34. The first-order valence-corrected chi connectivity index (χ1v) is 6.90. The van der Waals surface area contributed by atoms with Crippen molar-refractivity contribution in [2.24, 2.45) is 5.92 Å². The van der Waals surface area contributed by atoms with Crippen LogP contribution in [0.1, 0.15) is 31.7 Å². The fourth-order valence-electron chi connectivity index (χ4n) is 2.14. The number of likely N-dealkylation sites (N-methyl/N-ethyl adjacent to an activating group) is 1. The SMILES string of the molecule is CCNC(Cc1cncc(Br)c1)CC1CC1. The Morgan fingerprint density at radius 3 is 2.94 bits per heavy atom. The fourth-order valence-corrected chi connectivity index (χ4v) is 2.55. The van der Waals surface area contributed by atoms with E-state index < -0.39 is 0 Å². The maximum absolute atomic E-state index is 4.22. The molecule has 1 aromatic rings. The predicted octanol–water partition coefficient (Wildman–Crippen LogP) is 3.16. The van der Waals surface area contributed by atoms with Crippen LogP contribution in [-0.2, 0) is 6.42 Å². The Kier molecular flexibility index (Phi) is 4.36. The van der Waals surface area contributed by atoms with Crippen LogP contribution in [0.3, 0.4) is 0 Å². The number of pyridine rings is 1. The molecule has 1 unspecified atom stereocenters. The number of aromatic nitrogens is 1. The van der Waals surface area contributed by atoms with Crippen molar-refractivity contribution in [1.82, 2.24) is 10.3 Å². The molecule has 88 valence electrons. The van der Waals surface area contributed by atoms with Gasteiger partial charge >= 0.3 is 0 Å². The number of halogens is 1. The molecule has 1 aliphatic carbocycles. The van der Waals surface area contributed by atoms with Crippen molar-refractivity contribution in [3.05, 3.63) is 28.5 Å². The third-order valence-corrected chi connectivity index (χ3v) is 3.48. The number of hydrogen-bond acceptors (Lipinski definition) is 2. The van der Waals surface area contributed by atoms with Crippen molar-refractivity contribution < 1.29 is 0 Å². The maximum Gasteiger partial charge on any atom is 0.0410 e. The standard InChI is InChI=1S/C13H19BrN2/c1-2-16-13(6-10-3-4-10)7-11-5-12(14)9-15-8-11/h5,8-10,13,16H,2-4,6-7H2,1H3. The van der Waals surface area contributed by atoms with Gasteiger partial charge in [-0.3, -0.25) is 4.98 Å². The summed E-state index contributed by atoms with van der Waals surface area (Å²) in [7, 11) is 0. The lowest BCUT2D eigenvalue weighted by molar-refractivity contribution is 0.465. The summed E-state index contributed by atoms with van der Waals surface area (Å²) in [4.78, 5) is 4.22. The van der Waals surface area contributed by atoms with Crippen LogP contribution in [0, 0.1) is 5.92 Å². The van der Waals surface area contributed by atoms with E-state index in [1.54, 1.807) is 0 Å². The van der Waals surface area contributed by atoms with Gasteiger partial charge in [0.15, 0.2) is 0 Å². The Morgan fingerprint density at radius 2 is 2.31 bits per heavy atom. The quantitative estimate of drug-likeness (QED) is 0.867. The van der Waals surface area contributed by atoms with Crippen molar-refractivity contribution in [1.29, 1.82) is 0 Å². The van der Waals surface area contributed by atoms with E-state index in [-0.39, 0.29) is 0 Å². The summed E-state index contributed by atoms with van der Waals surface area (Å²) in [5, 5.41) is 3.58. The van der Waals surface area contributed by atoms with Gasteiger partial charge in [-0.15, -0.1) is 0 Å². The lowest BCUT2D eigenvalue weighted by atomic mass is 10.0. The Balaban J connectivity index is 1.92. The smallest absolute Gasteiger partial charge is 0.0410 e. The van der Waals surface area contributed by atoms with Gasteiger partial charge in [0, 0.05) is 22.9 Å². The average Bonchev–Trinajstić information content (AvgIpc) is 3.02. The Morgan fingerprint density at radius 1 is 1.50 bits per heavy atom. The number of nitrogens with zero attached hydrogens (tertiary/aromatic N) is 1. The van der Waals surface area contributed by atoms with E-state index >= 15 is 0 Å². The number of rotatable bonds is 6. The molecule has 1 atom stereocenters. The summed E-state index contributed by atoms with van der Waals surface area (Å²) < 4.78 is 1.08. The molecule has 0 aliphatic heterocycles. The van der Waals surface area contributed by atoms with Crippen molar-refractivity contribution in [2.75, 3.05) is 6.54 Å². The molecular weight excluding hydrogens is 264 g/mol. The third kappa shape index (κ3) is 3.87. The first-order chi connectivity index (χ1) is 7.78. The maximum atomic E-state index is 4.22. The van der Waals surface area contributed by atoms with Crippen LogP contribution in [0.25, 0.3) is 0 Å². The van der Waals surface area contributed by atoms with Gasteiger partial charge in [0.25, 0.3) is 0 Å². The van der Waals surface area contributed by atoms with Crippen LogP contribution in [0.2, 0.25) is 0 Å². The van der Waals surface area contributed by atoms with Crippen LogP contribution in [0.15, 0.2) is 22.9 Å². The van der Waals surface area contributed by atoms with E-state index in [1.165, 1.54) is 24.8 Å². The summed E-state index contributed by atoms with van der Waals surface area (Å²) in [6.45, 7) is 3.23. The van der Waals surface area contributed by atoms with Crippen LogP contribution < -0.4 is 5.32 Å². The van der Waals surface area contributed by atoms with E-state index in [4.69, 9.17) is 0 Å². The van der Waals surface area contributed by atoms with Crippen LogP contribution in [0.4, 0.5) is 0 Å². The largest absolute Gasteiger partial charge is 0.314 e. The summed E-state index contributed by atoms with van der Waals surface area (Å²) in [5.74, 6) is 0.976. The molecule has 1 aromatic heterocycles. The van der Waals surface area contributed by atoms with E-state index in [1.807, 2.05) is 12.4 Å². The van der Waals surface area contributed by atoms with Crippen LogP contribution in [-0.4, -0.2) is 17.6 Å². The van der Waals surface area contributed by atoms with Gasteiger partial charge in [0.2, 0.25) is 0 Å². The first kappa shape index (κ1) is 12.1. The summed E-state index contributed by atoms with van der Waals surface area (Å²) in [6, 6.07) is 2.79. The van der Waals surface area contributed by atoms with E-state index in [2.05, 4.69) is 39.2 Å². The Labute approximate surface area is 106 Å². The lowest BCUT2D eigenvalue weighted by Crippen LogP contribution is -2.31. The van der Waals surface area contributed by atoms with Gasteiger partial charge in [0.1, 0.15) is 0 Å². The molecule has 16 heavy (non-hydrogen) atoms. The van der Waals surface area contributed by atoms with E-state index in [9.17, 15) is 0 Å². The molecule has 0 amide bonds. The van der Waals surface area contributed by atoms with E-state index in [0.29, 0.717) is 6.04 Å².